The number of alkyl carbamates (subject to hydrolysis) is 1. The predicted molar refractivity (Wildman–Crippen MR) is 134 cm³/mol. The quantitative estimate of drug-likeness (QED) is 0.426. The number of carbonyl (C=O) groups is 2. The summed E-state index contributed by atoms with van der Waals surface area (Å²) in [6, 6.07) is 7.33. The van der Waals surface area contributed by atoms with Crippen LogP contribution in [0.3, 0.4) is 0 Å². The molecule has 1 saturated heterocycles. The average Bonchev–Trinajstić information content (AvgIpc) is 3.06. The second-order valence-corrected chi connectivity index (χ2v) is 9.26. The minimum atomic E-state index is -0.769. The summed E-state index contributed by atoms with van der Waals surface area (Å²) in [4.78, 5) is 36.5. The molecule has 1 aliphatic heterocycles. The van der Waals surface area contributed by atoms with Crippen LogP contribution in [-0.2, 0) is 14.4 Å². The first-order chi connectivity index (χ1) is 15.8. The van der Waals surface area contributed by atoms with Crippen molar-refractivity contribution in [1.82, 2.24) is 10.4 Å². The molecule has 1 aromatic carbocycles. The molecule has 2 rings (SSSR count). The van der Waals surface area contributed by atoms with Crippen LogP contribution in [0.15, 0.2) is 45.1 Å². The van der Waals surface area contributed by atoms with E-state index in [-0.39, 0.29) is 11.8 Å². The molecule has 0 spiro atoms. The summed E-state index contributed by atoms with van der Waals surface area (Å²) < 4.78 is 5.75. The topological polar surface area (TPSA) is 80.2 Å². The van der Waals surface area contributed by atoms with Gasteiger partial charge in [0.05, 0.1) is 25.1 Å². The number of hydroxylamine groups is 2. The number of nitrogens with zero attached hydrogens (tertiary/aromatic N) is 2. The Morgan fingerprint density at radius 3 is 2.48 bits per heavy atom. The number of rotatable bonds is 8. The number of allylic oxidation sites excluding steroid dienone is 2. The van der Waals surface area contributed by atoms with Crippen LogP contribution in [0.25, 0.3) is 0 Å². The Kier molecular flexibility index (Phi) is 11.1. The van der Waals surface area contributed by atoms with E-state index in [0.29, 0.717) is 13.0 Å². The summed E-state index contributed by atoms with van der Waals surface area (Å²) in [5.41, 5.74) is 3.64. The second kappa shape index (κ2) is 13.5. The molecule has 1 atom stereocenters. The van der Waals surface area contributed by atoms with E-state index in [4.69, 9.17) is 14.6 Å². The van der Waals surface area contributed by atoms with Crippen LogP contribution in [0.4, 0.5) is 4.79 Å². The monoisotopic (exact) mass is 521 g/mol. The summed E-state index contributed by atoms with van der Waals surface area (Å²) in [6.45, 7) is 8.38. The van der Waals surface area contributed by atoms with Gasteiger partial charge in [0.15, 0.2) is 0 Å². The van der Waals surface area contributed by atoms with E-state index in [2.05, 4.69) is 35.1 Å². The third-order valence-corrected chi connectivity index (χ3v) is 6.00. The Bertz CT molecular complexity index is 865. The number of halogens is 1. The maximum absolute atomic E-state index is 13.6. The highest BCUT2D eigenvalue weighted by molar-refractivity contribution is 9.10. The van der Waals surface area contributed by atoms with Gasteiger partial charge in [-0.3, -0.25) is 14.6 Å². The normalized spacial score (nSPS) is 17.4. The first-order valence-electron chi connectivity index (χ1n) is 11.7. The smallest absolute Gasteiger partial charge is 0.407 e. The average molecular weight is 522 g/mol. The summed E-state index contributed by atoms with van der Waals surface area (Å²) in [5, 5.41) is 4.05. The summed E-state index contributed by atoms with van der Waals surface area (Å²) in [6.07, 6.45) is 4.16. The van der Waals surface area contributed by atoms with Crippen molar-refractivity contribution in [3.63, 3.8) is 0 Å². The van der Waals surface area contributed by atoms with Crippen LogP contribution >= 0.6 is 15.9 Å². The third kappa shape index (κ3) is 7.67. The lowest BCUT2D eigenvalue weighted by atomic mass is 10.0. The van der Waals surface area contributed by atoms with Gasteiger partial charge in [-0.25, -0.2) is 4.79 Å². The molecule has 182 valence electrons. The molecular weight excluding hydrogens is 486 g/mol. The van der Waals surface area contributed by atoms with Gasteiger partial charge in [-0.15, -0.1) is 0 Å². The SMILES string of the molecule is CCC/C(N=C(CC)c1ccc(Br)cc1)=C1/CCCCON1C(=O)C(NC(=O)OC)C(C)C. The number of amides is 2. The fourth-order valence-corrected chi connectivity index (χ4v) is 3.93. The largest absolute Gasteiger partial charge is 0.453 e. The lowest BCUT2D eigenvalue weighted by Crippen LogP contribution is -2.50. The van der Waals surface area contributed by atoms with Crippen LogP contribution in [0.1, 0.15) is 71.8 Å². The number of benzene rings is 1. The Hall–Kier alpha value is -2.19. The first kappa shape index (κ1) is 27.1. The van der Waals surface area contributed by atoms with Crippen LogP contribution in [0, 0.1) is 5.92 Å². The van der Waals surface area contributed by atoms with E-state index in [9.17, 15) is 9.59 Å². The van der Waals surface area contributed by atoms with Gasteiger partial charge in [0.25, 0.3) is 5.91 Å². The lowest BCUT2D eigenvalue weighted by molar-refractivity contribution is -0.176. The molecule has 1 N–H and O–H groups in total. The number of carbonyl (C=O) groups excluding carboxylic acids is 2. The molecule has 7 nitrogen and oxygen atoms in total. The van der Waals surface area contributed by atoms with Gasteiger partial charge in [0, 0.05) is 10.2 Å². The maximum atomic E-state index is 13.6. The zero-order valence-electron chi connectivity index (χ0n) is 20.3. The van der Waals surface area contributed by atoms with E-state index in [0.717, 1.165) is 59.2 Å². The molecule has 1 aromatic rings. The molecule has 33 heavy (non-hydrogen) atoms. The third-order valence-electron chi connectivity index (χ3n) is 5.47. The Morgan fingerprint density at radius 1 is 1.21 bits per heavy atom. The van der Waals surface area contributed by atoms with Gasteiger partial charge >= 0.3 is 6.09 Å². The van der Waals surface area contributed by atoms with Gasteiger partial charge in [-0.05, 0) is 55.7 Å². The van der Waals surface area contributed by atoms with Crippen LogP contribution in [0.2, 0.25) is 0 Å². The fourth-order valence-electron chi connectivity index (χ4n) is 3.67. The van der Waals surface area contributed by atoms with E-state index in [1.807, 2.05) is 38.1 Å². The number of hydrogen-bond acceptors (Lipinski definition) is 5. The highest BCUT2D eigenvalue weighted by Gasteiger charge is 2.33. The Morgan fingerprint density at radius 2 is 1.91 bits per heavy atom. The van der Waals surface area contributed by atoms with Gasteiger partial charge in [-0.1, -0.05) is 62.2 Å². The number of methoxy groups -OCH3 is 1. The van der Waals surface area contributed by atoms with Crippen molar-refractivity contribution in [2.45, 2.75) is 72.3 Å². The van der Waals surface area contributed by atoms with E-state index in [1.165, 1.54) is 12.2 Å². The van der Waals surface area contributed by atoms with E-state index in [1.54, 1.807) is 0 Å². The molecule has 0 saturated carbocycles. The molecule has 1 aliphatic rings. The van der Waals surface area contributed by atoms with Crippen LogP contribution in [0.5, 0.6) is 0 Å². The molecule has 1 unspecified atom stereocenters. The van der Waals surface area contributed by atoms with Crippen LogP contribution < -0.4 is 5.32 Å². The van der Waals surface area contributed by atoms with E-state index >= 15 is 0 Å². The van der Waals surface area contributed by atoms with Crippen molar-refractivity contribution in [3.05, 3.63) is 45.7 Å². The minimum Gasteiger partial charge on any atom is -0.453 e. The lowest BCUT2D eigenvalue weighted by Gasteiger charge is -2.30. The van der Waals surface area contributed by atoms with Crippen molar-refractivity contribution in [2.75, 3.05) is 13.7 Å². The van der Waals surface area contributed by atoms with Crippen molar-refractivity contribution in [1.29, 1.82) is 0 Å². The number of nitrogens with one attached hydrogen (secondary N) is 1. The van der Waals surface area contributed by atoms with Crippen LogP contribution in [-0.4, -0.2) is 42.5 Å². The molecule has 0 aromatic heterocycles. The van der Waals surface area contributed by atoms with Gasteiger partial charge in [-0.2, -0.15) is 5.06 Å². The number of ether oxygens (including phenoxy) is 1. The molecule has 0 bridgehead atoms. The molecule has 0 aliphatic carbocycles. The summed E-state index contributed by atoms with van der Waals surface area (Å²) in [5.74, 6) is -0.449. The minimum absolute atomic E-state index is 0.142. The second-order valence-electron chi connectivity index (χ2n) is 8.34. The highest BCUT2D eigenvalue weighted by Crippen LogP contribution is 2.28. The fraction of sp³-hybridized carbons (Fsp3) is 0.560. The Balaban J connectivity index is 2.54. The molecule has 2 amide bonds. The number of aliphatic imine (C=N–C) groups is 1. The van der Waals surface area contributed by atoms with Gasteiger partial charge < -0.3 is 10.1 Å². The summed E-state index contributed by atoms with van der Waals surface area (Å²) in [7, 11) is 1.29. The van der Waals surface area contributed by atoms with Crippen molar-refractivity contribution >= 4 is 33.6 Å². The molecule has 1 heterocycles. The van der Waals surface area contributed by atoms with E-state index < -0.39 is 12.1 Å². The molecule has 0 radical (unpaired) electrons. The zero-order chi connectivity index (χ0) is 24.4. The van der Waals surface area contributed by atoms with Gasteiger partial charge in [0.2, 0.25) is 0 Å². The molecule has 8 heteroatoms. The summed E-state index contributed by atoms with van der Waals surface area (Å²) >= 11 is 3.49. The van der Waals surface area contributed by atoms with Gasteiger partial charge in [0.1, 0.15) is 6.04 Å². The molecular formula is C25H36BrN3O4. The standard InChI is InChI=1S/C25H36BrN3O4/c1-6-10-21(27-20(7-2)18-12-14-19(26)15-13-18)22-11-8-9-16-33-29(22)24(30)23(17(3)4)28-25(31)32-5/h12-15,17,23H,6-11,16H2,1-5H3,(H,28,31)/b22-21+,27-20?. The molecule has 1 fully saturated rings. The predicted octanol–water partition coefficient (Wildman–Crippen LogP) is 5.98. The highest BCUT2D eigenvalue weighted by atomic mass is 79.9. The zero-order valence-corrected chi connectivity index (χ0v) is 21.9. The van der Waals surface area contributed by atoms with Crippen molar-refractivity contribution in [3.8, 4) is 0 Å². The van der Waals surface area contributed by atoms with Crippen molar-refractivity contribution in [2.24, 2.45) is 10.9 Å². The first-order valence-corrected chi connectivity index (χ1v) is 12.5. The van der Waals surface area contributed by atoms with Crippen molar-refractivity contribution < 1.29 is 19.2 Å². The number of hydrogen-bond donors (Lipinski definition) is 1. The Labute approximate surface area is 205 Å². The maximum Gasteiger partial charge on any atom is 0.407 e.